The quantitative estimate of drug-likeness (QED) is 0.683. The second-order valence-electron chi connectivity index (χ2n) is 5.36. The van der Waals surface area contributed by atoms with Crippen LogP contribution < -0.4 is 0 Å². The van der Waals surface area contributed by atoms with Crippen molar-refractivity contribution in [1.29, 1.82) is 0 Å². The van der Waals surface area contributed by atoms with Crippen LogP contribution in [0.3, 0.4) is 0 Å². The van der Waals surface area contributed by atoms with Gasteiger partial charge in [0.15, 0.2) is 0 Å². The molecular weight excluding hydrogens is 248 g/mol. The van der Waals surface area contributed by atoms with Crippen molar-refractivity contribution < 1.29 is 0 Å². The van der Waals surface area contributed by atoms with E-state index in [1.54, 1.807) is 6.33 Å². The third-order valence-electron chi connectivity index (χ3n) is 2.89. The summed E-state index contributed by atoms with van der Waals surface area (Å²) in [5, 5.41) is 4.30. The maximum absolute atomic E-state index is 5.77. The molecule has 18 heavy (non-hydrogen) atoms. The predicted molar refractivity (Wildman–Crippen MR) is 75.7 cm³/mol. The van der Waals surface area contributed by atoms with Crippen LogP contribution in [0.2, 0.25) is 0 Å². The summed E-state index contributed by atoms with van der Waals surface area (Å²) >= 11 is 5.77. The average Bonchev–Trinajstić information content (AvgIpc) is 2.70. The lowest BCUT2D eigenvalue weighted by molar-refractivity contribution is 0.203. The number of nitrogens with zero attached hydrogens (tertiary/aromatic N) is 4. The van der Waals surface area contributed by atoms with E-state index in [0.717, 1.165) is 31.9 Å². The van der Waals surface area contributed by atoms with E-state index in [1.165, 1.54) is 0 Å². The highest BCUT2D eigenvalue weighted by Crippen LogP contribution is 2.08. The van der Waals surface area contributed by atoms with Gasteiger partial charge in [-0.1, -0.05) is 13.8 Å². The van der Waals surface area contributed by atoms with E-state index in [-0.39, 0.29) is 0 Å². The summed E-state index contributed by atoms with van der Waals surface area (Å²) in [5.41, 5.74) is 0. The minimum atomic E-state index is 0.498. The highest BCUT2D eigenvalue weighted by molar-refractivity contribution is 6.17. The largest absolute Gasteiger partial charge is 0.293 e. The van der Waals surface area contributed by atoms with E-state index in [9.17, 15) is 0 Å². The molecule has 0 aromatic carbocycles. The normalized spacial score (nSPS) is 12.0. The first-order valence-electron chi connectivity index (χ1n) is 6.71. The summed E-state index contributed by atoms with van der Waals surface area (Å²) in [6.07, 6.45) is 2.66. The molecule has 0 saturated carbocycles. The van der Waals surface area contributed by atoms with Crippen LogP contribution >= 0.6 is 11.6 Å². The SMILES string of the molecule is CC(C)Cn1ncnc1CN(CCCCl)C(C)C. The van der Waals surface area contributed by atoms with Crippen molar-refractivity contribution in [2.45, 2.75) is 53.2 Å². The molecule has 1 heterocycles. The van der Waals surface area contributed by atoms with Gasteiger partial charge in [0.2, 0.25) is 0 Å². The molecule has 0 saturated heterocycles. The van der Waals surface area contributed by atoms with E-state index in [4.69, 9.17) is 11.6 Å². The van der Waals surface area contributed by atoms with Crippen LogP contribution in [0.15, 0.2) is 6.33 Å². The van der Waals surface area contributed by atoms with Crippen LogP contribution in [0.5, 0.6) is 0 Å². The van der Waals surface area contributed by atoms with Crippen molar-refractivity contribution in [3.63, 3.8) is 0 Å². The zero-order valence-electron chi connectivity index (χ0n) is 11.9. The Bertz CT molecular complexity index is 335. The van der Waals surface area contributed by atoms with Gasteiger partial charge in [-0.05, 0) is 26.2 Å². The van der Waals surface area contributed by atoms with Crippen LogP contribution in [0.25, 0.3) is 0 Å². The van der Waals surface area contributed by atoms with E-state index in [1.807, 2.05) is 4.68 Å². The lowest BCUT2D eigenvalue weighted by atomic mass is 10.2. The second kappa shape index (κ2) is 7.74. The summed E-state index contributed by atoms with van der Waals surface area (Å²) < 4.78 is 2.01. The molecule has 4 nitrogen and oxygen atoms in total. The van der Waals surface area contributed by atoms with E-state index < -0.39 is 0 Å². The first kappa shape index (κ1) is 15.4. The van der Waals surface area contributed by atoms with Crippen molar-refractivity contribution in [2.75, 3.05) is 12.4 Å². The molecule has 0 bridgehead atoms. The summed E-state index contributed by atoms with van der Waals surface area (Å²) in [6.45, 7) is 11.6. The minimum absolute atomic E-state index is 0.498. The highest BCUT2D eigenvalue weighted by Gasteiger charge is 2.14. The molecule has 0 unspecified atom stereocenters. The molecule has 0 aliphatic carbocycles. The Kier molecular flexibility index (Phi) is 6.65. The van der Waals surface area contributed by atoms with Gasteiger partial charge < -0.3 is 0 Å². The predicted octanol–water partition coefficient (Wildman–Crippen LogP) is 2.77. The number of aromatic nitrogens is 3. The van der Waals surface area contributed by atoms with Gasteiger partial charge in [-0.25, -0.2) is 9.67 Å². The fraction of sp³-hybridized carbons (Fsp3) is 0.846. The van der Waals surface area contributed by atoms with Gasteiger partial charge in [-0.15, -0.1) is 11.6 Å². The average molecular weight is 273 g/mol. The molecule has 0 radical (unpaired) electrons. The molecule has 0 N–H and O–H groups in total. The molecule has 1 rings (SSSR count). The van der Waals surface area contributed by atoms with Gasteiger partial charge in [0.1, 0.15) is 12.2 Å². The monoisotopic (exact) mass is 272 g/mol. The molecule has 5 heteroatoms. The van der Waals surface area contributed by atoms with Crippen molar-refractivity contribution >= 4 is 11.6 Å². The Balaban J connectivity index is 2.65. The highest BCUT2D eigenvalue weighted by atomic mass is 35.5. The molecule has 0 aliphatic heterocycles. The maximum Gasteiger partial charge on any atom is 0.141 e. The molecular formula is C13H25ClN4. The molecule has 0 amide bonds. The fourth-order valence-corrected chi connectivity index (χ4v) is 1.99. The van der Waals surface area contributed by atoms with Crippen molar-refractivity contribution in [3.8, 4) is 0 Å². The number of hydrogen-bond acceptors (Lipinski definition) is 3. The second-order valence-corrected chi connectivity index (χ2v) is 5.74. The van der Waals surface area contributed by atoms with Crippen LogP contribution in [-0.2, 0) is 13.1 Å². The summed E-state index contributed by atoms with van der Waals surface area (Å²) in [7, 11) is 0. The molecule has 0 aliphatic rings. The Hall–Kier alpha value is -0.610. The zero-order valence-corrected chi connectivity index (χ0v) is 12.7. The third-order valence-corrected chi connectivity index (χ3v) is 3.15. The van der Waals surface area contributed by atoms with Gasteiger partial charge in [0.05, 0.1) is 6.54 Å². The molecule has 1 aromatic rings. The lowest BCUT2D eigenvalue weighted by Gasteiger charge is -2.25. The number of halogens is 1. The number of alkyl halides is 1. The Morgan fingerprint density at radius 1 is 1.33 bits per heavy atom. The van der Waals surface area contributed by atoms with Gasteiger partial charge >= 0.3 is 0 Å². The van der Waals surface area contributed by atoms with Crippen molar-refractivity contribution in [1.82, 2.24) is 19.7 Å². The van der Waals surface area contributed by atoms with Gasteiger partial charge in [-0.3, -0.25) is 4.90 Å². The van der Waals surface area contributed by atoms with Gasteiger partial charge in [0.25, 0.3) is 0 Å². The Labute approximate surface area is 115 Å². The molecule has 1 aromatic heterocycles. The summed E-state index contributed by atoms with van der Waals surface area (Å²) in [4.78, 5) is 6.77. The zero-order chi connectivity index (χ0) is 13.5. The summed E-state index contributed by atoms with van der Waals surface area (Å²) in [5.74, 6) is 2.34. The van der Waals surface area contributed by atoms with Crippen molar-refractivity contribution in [2.24, 2.45) is 5.92 Å². The van der Waals surface area contributed by atoms with E-state index in [0.29, 0.717) is 17.8 Å². The first-order chi connectivity index (χ1) is 8.54. The minimum Gasteiger partial charge on any atom is -0.293 e. The molecule has 104 valence electrons. The fourth-order valence-electron chi connectivity index (χ4n) is 1.87. The molecule has 0 atom stereocenters. The maximum atomic E-state index is 5.77. The summed E-state index contributed by atoms with van der Waals surface area (Å²) in [6, 6.07) is 0.498. The van der Waals surface area contributed by atoms with Crippen LogP contribution in [0, 0.1) is 5.92 Å². The van der Waals surface area contributed by atoms with Crippen LogP contribution in [0.1, 0.15) is 39.9 Å². The topological polar surface area (TPSA) is 34.0 Å². The molecule has 0 spiro atoms. The smallest absolute Gasteiger partial charge is 0.141 e. The third kappa shape index (κ3) is 4.94. The van der Waals surface area contributed by atoms with E-state index >= 15 is 0 Å². The number of rotatable bonds is 8. The molecule has 0 fully saturated rings. The van der Waals surface area contributed by atoms with Gasteiger partial charge in [-0.2, -0.15) is 5.10 Å². The van der Waals surface area contributed by atoms with Crippen LogP contribution in [0.4, 0.5) is 0 Å². The Morgan fingerprint density at radius 2 is 2.06 bits per heavy atom. The van der Waals surface area contributed by atoms with Gasteiger partial charge in [0, 0.05) is 25.0 Å². The number of hydrogen-bond donors (Lipinski definition) is 0. The first-order valence-corrected chi connectivity index (χ1v) is 7.24. The van der Waals surface area contributed by atoms with Crippen LogP contribution in [-0.4, -0.2) is 38.1 Å². The standard InChI is InChI=1S/C13H25ClN4/c1-11(2)8-18-13(15-10-16-18)9-17(12(3)4)7-5-6-14/h10-12H,5-9H2,1-4H3. The van der Waals surface area contributed by atoms with E-state index in [2.05, 4.69) is 42.7 Å². The Morgan fingerprint density at radius 3 is 2.61 bits per heavy atom. The van der Waals surface area contributed by atoms with Crippen molar-refractivity contribution in [3.05, 3.63) is 12.2 Å². The lowest BCUT2D eigenvalue weighted by Crippen LogP contribution is -2.33.